The lowest BCUT2D eigenvalue weighted by atomic mass is 9.92. The van der Waals surface area contributed by atoms with E-state index in [4.69, 9.17) is 5.73 Å². The third kappa shape index (κ3) is 3.10. The molecule has 102 valence electrons. The van der Waals surface area contributed by atoms with E-state index in [2.05, 4.69) is 36.3 Å². The number of benzene rings is 1. The fourth-order valence-corrected chi connectivity index (χ4v) is 1.97. The Balaban J connectivity index is 2.34. The summed E-state index contributed by atoms with van der Waals surface area (Å²) in [4.78, 5) is 0. The van der Waals surface area contributed by atoms with E-state index in [0.29, 0.717) is 5.69 Å². The van der Waals surface area contributed by atoms with Gasteiger partial charge in [0.15, 0.2) is 5.82 Å². The molecule has 5 nitrogen and oxygen atoms in total. The summed E-state index contributed by atoms with van der Waals surface area (Å²) in [6, 6.07) is 5.84. The quantitative estimate of drug-likeness (QED) is 0.860. The predicted molar refractivity (Wildman–Crippen MR) is 76.5 cm³/mol. The van der Waals surface area contributed by atoms with Crippen molar-refractivity contribution in [1.29, 1.82) is 0 Å². The molecule has 0 saturated carbocycles. The first kappa shape index (κ1) is 13.5. The number of aromatic nitrogens is 4. The maximum atomic E-state index is 6.05. The molecule has 0 radical (unpaired) electrons. The van der Waals surface area contributed by atoms with Gasteiger partial charge in [-0.1, -0.05) is 32.9 Å². The number of hydrogen-bond donors (Lipinski definition) is 1. The van der Waals surface area contributed by atoms with Crippen LogP contribution in [0.4, 0.5) is 5.69 Å². The Morgan fingerprint density at radius 1 is 1.26 bits per heavy atom. The third-order valence-corrected chi connectivity index (χ3v) is 3.13. The minimum atomic E-state index is 0.250. The summed E-state index contributed by atoms with van der Waals surface area (Å²) in [6.45, 7) is 9.44. The lowest BCUT2D eigenvalue weighted by molar-refractivity contribution is 0.340. The highest BCUT2D eigenvalue weighted by Crippen LogP contribution is 2.28. The monoisotopic (exact) mass is 259 g/mol. The van der Waals surface area contributed by atoms with Crippen LogP contribution in [0.2, 0.25) is 0 Å². The van der Waals surface area contributed by atoms with Gasteiger partial charge in [-0.2, -0.15) is 0 Å². The lowest BCUT2D eigenvalue weighted by Gasteiger charge is -2.18. The van der Waals surface area contributed by atoms with E-state index in [-0.39, 0.29) is 5.41 Å². The molecule has 1 aromatic carbocycles. The van der Waals surface area contributed by atoms with Crippen molar-refractivity contribution in [3.63, 3.8) is 0 Å². The molecule has 0 saturated heterocycles. The SMILES string of the molecule is Cc1cccc(N)c1-c1nnnn1CCC(C)(C)C. The number of rotatable bonds is 3. The molecule has 0 aliphatic rings. The van der Waals surface area contributed by atoms with Crippen LogP contribution in [0.3, 0.4) is 0 Å². The van der Waals surface area contributed by atoms with Crippen LogP contribution in [0, 0.1) is 12.3 Å². The highest BCUT2D eigenvalue weighted by Gasteiger charge is 2.16. The number of nitrogens with zero attached hydrogens (tertiary/aromatic N) is 4. The molecule has 2 aromatic rings. The van der Waals surface area contributed by atoms with E-state index in [1.54, 1.807) is 0 Å². The van der Waals surface area contributed by atoms with Gasteiger partial charge in [0.05, 0.1) is 0 Å². The Hall–Kier alpha value is -1.91. The van der Waals surface area contributed by atoms with Gasteiger partial charge in [0.1, 0.15) is 0 Å². The molecule has 1 aromatic heterocycles. The standard InChI is InChI=1S/C14H21N5/c1-10-6-5-7-11(15)12(10)13-16-17-18-19(13)9-8-14(2,3)4/h5-7H,8-9,15H2,1-4H3. The first-order valence-corrected chi connectivity index (χ1v) is 6.50. The van der Waals surface area contributed by atoms with E-state index >= 15 is 0 Å². The Morgan fingerprint density at radius 3 is 2.63 bits per heavy atom. The van der Waals surface area contributed by atoms with Crippen molar-refractivity contribution in [3.8, 4) is 11.4 Å². The minimum absolute atomic E-state index is 0.250. The maximum Gasteiger partial charge on any atom is 0.184 e. The Kier molecular flexibility index (Phi) is 3.55. The Bertz CT molecular complexity index is 545. The molecule has 1 heterocycles. The molecule has 0 aliphatic carbocycles. The number of aryl methyl sites for hydroxylation is 2. The Morgan fingerprint density at radius 2 is 2.00 bits per heavy atom. The number of hydrogen-bond acceptors (Lipinski definition) is 4. The van der Waals surface area contributed by atoms with Crippen LogP contribution in [-0.2, 0) is 6.54 Å². The lowest BCUT2D eigenvalue weighted by Crippen LogP contribution is -2.13. The van der Waals surface area contributed by atoms with Gasteiger partial charge in [-0.05, 0) is 40.8 Å². The molecule has 19 heavy (non-hydrogen) atoms. The van der Waals surface area contributed by atoms with Gasteiger partial charge in [0.25, 0.3) is 0 Å². The van der Waals surface area contributed by atoms with Crippen LogP contribution >= 0.6 is 0 Å². The Labute approximate surface area is 113 Å². The molecule has 0 amide bonds. The second-order valence-electron chi connectivity index (χ2n) is 6.08. The van der Waals surface area contributed by atoms with Crippen LogP contribution in [0.15, 0.2) is 18.2 Å². The fourth-order valence-electron chi connectivity index (χ4n) is 1.97. The van der Waals surface area contributed by atoms with E-state index < -0.39 is 0 Å². The van der Waals surface area contributed by atoms with Crippen molar-refractivity contribution in [2.75, 3.05) is 5.73 Å². The van der Waals surface area contributed by atoms with Gasteiger partial charge in [-0.3, -0.25) is 0 Å². The zero-order valence-corrected chi connectivity index (χ0v) is 12.0. The molecule has 0 unspecified atom stereocenters. The summed E-state index contributed by atoms with van der Waals surface area (Å²) in [5, 5.41) is 12.0. The molecule has 0 aliphatic heterocycles. The van der Waals surface area contributed by atoms with Crippen LogP contribution in [0.5, 0.6) is 0 Å². The van der Waals surface area contributed by atoms with Gasteiger partial charge in [0, 0.05) is 17.8 Å². The second-order valence-corrected chi connectivity index (χ2v) is 6.08. The van der Waals surface area contributed by atoms with E-state index in [0.717, 1.165) is 29.9 Å². The summed E-state index contributed by atoms with van der Waals surface area (Å²) in [7, 11) is 0. The second kappa shape index (κ2) is 4.99. The average Bonchev–Trinajstić information content (AvgIpc) is 2.73. The van der Waals surface area contributed by atoms with Crippen molar-refractivity contribution in [2.24, 2.45) is 5.41 Å². The van der Waals surface area contributed by atoms with Gasteiger partial charge in [-0.15, -0.1) is 5.10 Å². The van der Waals surface area contributed by atoms with Gasteiger partial charge >= 0.3 is 0 Å². The van der Waals surface area contributed by atoms with Gasteiger partial charge in [-0.25, -0.2) is 4.68 Å². The van der Waals surface area contributed by atoms with Crippen molar-refractivity contribution in [1.82, 2.24) is 20.2 Å². The summed E-state index contributed by atoms with van der Waals surface area (Å²) in [5.41, 5.74) is 9.04. The predicted octanol–water partition coefficient (Wildman–Crippen LogP) is 2.67. The van der Waals surface area contributed by atoms with Crippen LogP contribution in [-0.4, -0.2) is 20.2 Å². The molecule has 2 rings (SSSR count). The van der Waals surface area contributed by atoms with Crippen molar-refractivity contribution >= 4 is 5.69 Å². The molecule has 0 bridgehead atoms. The summed E-state index contributed by atoms with van der Waals surface area (Å²) >= 11 is 0. The summed E-state index contributed by atoms with van der Waals surface area (Å²) < 4.78 is 1.84. The molecule has 0 fully saturated rings. The zero-order chi connectivity index (χ0) is 14.0. The zero-order valence-electron chi connectivity index (χ0n) is 12.0. The number of tetrazole rings is 1. The van der Waals surface area contributed by atoms with E-state index in [9.17, 15) is 0 Å². The largest absolute Gasteiger partial charge is 0.398 e. The average molecular weight is 259 g/mol. The fraction of sp³-hybridized carbons (Fsp3) is 0.500. The smallest absolute Gasteiger partial charge is 0.184 e. The van der Waals surface area contributed by atoms with Crippen molar-refractivity contribution in [3.05, 3.63) is 23.8 Å². The summed E-state index contributed by atoms with van der Waals surface area (Å²) in [6.07, 6.45) is 1.01. The molecule has 0 spiro atoms. The van der Waals surface area contributed by atoms with Gasteiger partial charge in [0.2, 0.25) is 0 Å². The van der Waals surface area contributed by atoms with Crippen LogP contribution in [0.1, 0.15) is 32.8 Å². The van der Waals surface area contributed by atoms with Crippen LogP contribution < -0.4 is 5.73 Å². The van der Waals surface area contributed by atoms with Crippen LogP contribution in [0.25, 0.3) is 11.4 Å². The molecule has 5 heteroatoms. The minimum Gasteiger partial charge on any atom is -0.398 e. The number of nitrogens with two attached hydrogens (primary N) is 1. The van der Waals surface area contributed by atoms with Crippen molar-refractivity contribution < 1.29 is 0 Å². The van der Waals surface area contributed by atoms with E-state index in [1.807, 2.05) is 29.8 Å². The number of nitrogen functional groups attached to an aromatic ring is 1. The van der Waals surface area contributed by atoms with Crippen molar-refractivity contribution in [2.45, 2.75) is 40.7 Å². The molecule has 0 atom stereocenters. The first-order chi connectivity index (χ1) is 8.88. The topological polar surface area (TPSA) is 69.6 Å². The first-order valence-electron chi connectivity index (χ1n) is 6.50. The molecule has 2 N–H and O–H groups in total. The third-order valence-electron chi connectivity index (χ3n) is 3.13. The highest BCUT2D eigenvalue weighted by molar-refractivity contribution is 5.74. The maximum absolute atomic E-state index is 6.05. The van der Waals surface area contributed by atoms with Gasteiger partial charge < -0.3 is 5.73 Å². The van der Waals surface area contributed by atoms with E-state index in [1.165, 1.54) is 0 Å². The summed E-state index contributed by atoms with van der Waals surface area (Å²) in [5.74, 6) is 0.750. The molecular weight excluding hydrogens is 238 g/mol. The number of anilines is 1. The molecular formula is C14H21N5. The highest BCUT2D eigenvalue weighted by atomic mass is 15.5. The normalized spacial score (nSPS) is 11.8.